The van der Waals surface area contributed by atoms with Crippen molar-refractivity contribution in [2.24, 2.45) is 0 Å². The number of aromatic amines is 1. The molecule has 1 aromatic carbocycles. The highest BCUT2D eigenvalue weighted by Crippen LogP contribution is 2.19. The summed E-state index contributed by atoms with van der Waals surface area (Å²) in [6, 6.07) is 7.49. The van der Waals surface area contributed by atoms with Gasteiger partial charge in [0.25, 0.3) is 5.56 Å². The van der Waals surface area contributed by atoms with E-state index in [1.807, 2.05) is 43.3 Å². The van der Waals surface area contributed by atoms with E-state index in [2.05, 4.69) is 15.2 Å². The molecule has 0 saturated carbocycles. The van der Waals surface area contributed by atoms with E-state index in [1.165, 1.54) is 0 Å². The second-order valence-electron chi connectivity index (χ2n) is 6.53. The van der Waals surface area contributed by atoms with Crippen molar-refractivity contribution in [3.05, 3.63) is 40.2 Å². The van der Waals surface area contributed by atoms with E-state index in [4.69, 9.17) is 21.7 Å². The number of H-pyrrole nitrogens is 1. The number of methoxy groups -OCH3 is 2. The number of aromatic nitrogens is 1. The van der Waals surface area contributed by atoms with Gasteiger partial charge in [0, 0.05) is 43.2 Å². The van der Waals surface area contributed by atoms with Gasteiger partial charge in [0.2, 0.25) is 0 Å². The Hall–Kier alpha value is -2.16. The van der Waals surface area contributed by atoms with Gasteiger partial charge in [0.05, 0.1) is 20.3 Å². The summed E-state index contributed by atoms with van der Waals surface area (Å²) < 4.78 is 10.3. The summed E-state index contributed by atoms with van der Waals surface area (Å²) >= 11 is 5.53. The van der Waals surface area contributed by atoms with Crippen LogP contribution in [0.1, 0.15) is 5.56 Å². The highest BCUT2D eigenvalue weighted by Gasteiger charge is 2.13. The summed E-state index contributed by atoms with van der Waals surface area (Å²) in [5.41, 5.74) is 1.33. The Morgan fingerprint density at radius 3 is 2.67 bits per heavy atom. The molecule has 0 aliphatic heterocycles. The van der Waals surface area contributed by atoms with Crippen LogP contribution in [0.4, 0.5) is 0 Å². The molecule has 0 saturated heterocycles. The topological polar surface area (TPSA) is 69.8 Å². The minimum atomic E-state index is -0.109. The van der Waals surface area contributed by atoms with Crippen molar-refractivity contribution in [1.82, 2.24) is 20.1 Å². The van der Waals surface area contributed by atoms with Crippen molar-refractivity contribution >= 4 is 28.2 Å². The van der Waals surface area contributed by atoms with Crippen molar-refractivity contribution in [1.29, 1.82) is 0 Å². The second kappa shape index (κ2) is 10.2. The second-order valence-corrected chi connectivity index (χ2v) is 6.91. The van der Waals surface area contributed by atoms with Crippen molar-refractivity contribution in [3.63, 3.8) is 0 Å². The molecule has 0 fully saturated rings. The van der Waals surface area contributed by atoms with E-state index in [0.29, 0.717) is 36.9 Å². The minimum absolute atomic E-state index is 0.109. The van der Waals surface area contributed by atoms with E-state index in [9.17, 15) is 4.79 Å². The third-order valence-electron chi connectivity index (χ3n) is 4.18. The Kier molecular flexibility index (Phi) is 8.02. The Labute approximate surface area is 165 Å². The molecule has 2 rings (SSSR count). The number of likely N-dealkylation sites (N-methyl/N-ethyl adjacent to an activating group) is 1. The van der Waals surface area contributed by atoms with Crippen LogP contribution in [-0.4, -0.2) is 74.5 Å². The maximum Gasteiger partial charge on any atom is 0.253 e. The fourth-order valence-corrected chi connectivity index (χ4v) is 2.88. The molecule has 0 aliphatic rings. The molecule has 0 amide bonds. The van der Waals surface area contributed by atoms with Crippen molar-refractivity contribution in [3.8, 4) is 5.75 Å². The maximum absolute atomic E-state index is 12.5. The van der Waals surface area contributed by atoms with Crippen LogP contribution in [0, 0.1) is 0 Å². The predicted octanol–water partition coefficient (Wildman–Crippen LogP) is 1.42. The molecule has 7 nitrogen and oxygen atoms in total. The molecule has 0 spiro atoms. The van der Waals surface area contributed by atoms with Crippen LogP contribution in [0.2, 0.25) is 0 Å². The van der Waals surface area contributed by atoms with E-state index in [1.54, 1.807) is 14.2 Å². The van der Waals surface area contributed by atoms with Crippen molar-refractivity contribution in [2.75, 3.05) is 54.6 Å². The van der Waals surface area contributed by atoms with Gasteiger partial charge in [0.1, 0.15) is 5.75 Å². The SMILES string of the molecule is COCCNC(=S)N(CCN(C)C)Cc1cc2cc(OC)ccc2[nH]c1=O. The van der Waals surface area contributed by atoms with Gasteiger partial charge in [0.15, 0.2) is 5.11 Å². The van der Waals surface area contributed by atoms with Crippen LogP contribution in [0.5, 0.6) is 5.75 Å². The first-order valence-electron chi connectivity index (χ1n) is 8.81. The molecule has 27 heavy (non-hydrogen) atoms. The lowest BCUT2D eigenvalue weighted by Crippen LogP contribution is -2.44. The van der Waals surface area contributed by atoms with Crippen molar-refractivity contribution in [2.45, 2.75) is 6.54 Å². The third kappa shape index (κ3) is 6.20. The van der Waals surface area contributed by atoms with Gasteiger partial charge < -0.3 is 29.6 Å². The fraction of sp³-hybridized carbons (Fsp3) is 0.474. The summed E-state index contributed by atoms with van der Waals surface area (Å²) in [5, 5.41) is 4.72. The predicted molar refractivity (Wildman–Crippen MR) is 113 cm³/mol. The van der Waals surface area contributed by atoms with Crippen molar-refractivity contribution < 1.29 is 9.47 Å². The van der Waals surface area contributed by atoms with Crippen LogP contribution in [0.25, 0.3) is 10.9 Å². The molecule has 148 valence electrons. The fourth-order valence-electron chi connectivity index (χ4n) is 2.62. The van der Waals surface area contributed by atoms with E-state index in [0.717, 1.165) is 23.2 Å². The first-order valence-corrected chi connectivity index (χ1v) is 9.22. The highest BCUT2D eigenvalue weighted by atomic mass is 32.1. The molecule has 1 heterocycles. The molecular formula is C19H28N4O3S. The largest absolute Gasteiger partial charge is 0.497 e. The average molecular weight is 393 g/mol. The number of pyridine rings is 1. The van der Waals surface area contributed by atoms with Gasteiger partial charge in [-0.3, -0.25) is 4.79 Å². The third-order valence-corrected chi connectivity index (χ3v) is 4.58. The van der Waals surface area contributed by atoms with Crippen LogP contribution in [0.15, 0.2) is 29.1 Å². The van der Waals surface area contributed by atoms with E-state index >= 15 is 0 Å². The van der Waals surface area contributed by atoms with Gasteiger partial charge in [-0.05, 0) is 50.6 Å². The van der Waals surface area contributed by atoms with Gasteiger partial charge in [-0.1, -0.05) is 0 Å². The summed E-state index contributed by atoms with van der Waals surface area (Å²) in [4.78, 5) is 19.6. The number of ether oxygens (including phenoxy) is 2. The number of benzene rings is 1. The molecule has 1 aromatic heterocycles. The molecule has 2 N–H and O–H groups in total. The van der Waals surface area contributed by atoms with Gasteiger partial charge in [-0.15, -0.1) is 0 Å². The van der Waals surface area contributed by atoms with Crippen LogP contribution in [0.3, 0.4) is 0 Å². The Morgan fingerprint density at radius 1 is 1.22 bits per heavy atom. The summed E-state index contributed by atoms with van der Waals surface area (Å²) in [5.74, 6) is 0.752. The van der Waals surface area contributed by atoms with Crippen LogP contribution < -0.4 is 15.6 Å². The zero-order chi connectivity index (χ0) is 19.8. The zero-order valence-electron chi connectivity index (χ0n) is 16.4. The van der Waals surface area contributed by atoms with Gasteiger partial charge in [-0.25, -0.2) is 0 Å². The summed E-state index contributed by atoms with van der Waals surface area (Å²) in [6.07, 6.45) is 0. The summed E-state index contributed by atoms with van der Waals surface area (Å²) in [6.45, 7) is 3.15. The number of nitrogens with one attached hydrogen (secondary N) is 2. The first kappa shape index (κ1) is 21.1. The van der Waals surface area contributed by atoms with Crippen LogP contribution in [-0.2, 0) is 11.3 Å². The molecule has 2 aromatic rings. The highest BCUT2D eigenvalue weighted by molar-refractivity contribution is 7.80. The number of rotatable bonds is 9. The maximum atomic E-state index is 12.5. The van der Waals surface area contributed by atoms with E-state index in [-0.39, 0.29) is 5.56 Å². The summed E-state index contributed by atoms with van der Waals surface area (Å²) in [7, 11) is 7.29. The Balaban J connectivity index is 2.24. The lowest BCUT2D eigenvalue weighted by atomic mass is 10.1. The molecule has 0 bridgehead atoms. The number of hydrogen-bond donors (Lipinski definition) is 2. The number of thiocarbonyl (C=S) groups is 1. The Morgan fingerprint density at radius 2 is 2.00 bits per heavy atom. The van der Waals surface area contributed by atoms with Crippen LogP contribution >= 0.6 is 12.2 Å². The monoisotopic (exact) mass is 392 g/mol. The Bertz CT molecular complexity index is 822. The number of fused-ring (bicyclic) bond motifs is 1. The minimum Gasteiger partial charge on any atom is -0.497 e. The molecule has 0 unspecified atom stereocenters. The molecule has 0 radical (unpaired) electrons. The molecule has 8 heteroatoms. The average Bonchev–Trinajstić information content (AvgIpc) is 2.64. The number of hydrogen-bond acceptors (Lipinski definition) is 5. The van der Waals surface area contributed by atoms with Gasteiger partial charge >= 0.3 is 0 Å². The lowest BCUT2D eigenvalue weighted by molar-refractivity contribution is 0.202. The standard InChI is InChI=1S/C19H28N4O3S/c1-22(2)8-9-23(19(27)20-7-10-25-3)13-15-11-14-12-16(26-4)5-6-17(14)21-18(15)24/h5-6,11-12H,7-10,13H2,1-4H3,(H,20,27)(H,21,24). The molecule has 0 aliphatic carbocycles. The normalized spacial score (nSPS) is 11.0. The number of nitrogens with zero attached hydrogens (tertiary/aromatic N) is 2. The molecule has 0 atom stereocenters. The smallest absolute Gasteiger partial charge is 0.253 e. The van der Waals surface area contributed by atoms with Gasteiger partial charge in [-0.2, -0.15) is 0 Å². The van der Waals surface area contributed by atoms with E-state index < -0.39 is 0 Å². The first-order chi connectivity index (χ1) is 12.9. The lowest BCUT2D eigenvalue weighted by Gasteiger charge is -2.27. The zero-order valence-corrected chi connectivity index (χ0v) is 17.2. The quantitative estimate of drug-likeness (QED) is 0.494. The molecular weight excluding hydrogens is 364 g/mol.